The van der Waals surface area contributed by atoms with Crippen molar-refractivity contribution in [2.24, 2.45) is 11.8 Å². The van der Waals surface area contributed by atoms with E-state index in [-0.39, 0.29) is 72.4 Å². The minimum Gasteiger partial charge on any atom is -0.465 e. The third-order valence-corrected chi connectivity index (χ3v) is 11.3. The van der Waals surface area contributed by atoms with Crippen molar-refractivity contribution < 1.29 is 42.8 Å². The maximum absolute atomic E-state index is 13.8. The number of amides is 2. The lowest BCUT2D eigenvalue weighted by molar-refractivity contribution is -0.172. The zero-order valence-corrected chi connectivity index (χ0v) is 29.2. The predicted molar refractivity (Wildman–Crippen MR) is 173 cm³/mol. The monoisotopic (exact) mass is 666 g/mol. The minimum absolute atomic E-state index is 0.0414. The number of rotatable bonds is 5. The van der Waals surface area contributed by atoms with Gasteiger partial charge in [0.25, 0.3) is 0 Å². The summed E-state index contributed by atoms with van der Waals surface area (Å²) in [6.07, 6.45) is 4.82. The molecule has 0 spiro atoms. The van der Waals surface area contributed by atoms with E-state index in [1.807, 2.05) is 7.05 Å². The van der Waals surface area contributed by atoms with E-state index >= 15 is 0 Å². The molecule has 0 aromatic rings. The summed E-state index contributed by atoms with van der Waals surface area (Å²) in [7, 11) is 8.57. The number of ether oxygens (including phenoxy) is 6. The number of carbonyl (C=O) groups excluding carboxylic acids is 3. The smallest absolute Gasteiger partial charge is 0.320 e. The summed E-state index contributed by atoms with van der Waals surface area (Å²) in [6, 6.07) is -0.204. The largest absolute Gasteiger partial charge is 0.465 e. The second-order valence-electron chi connectivity index (χ2n) is 14.1. The highest BCUT2D eigenvalue weighted by Gasteiger charge is 2.52. The van der Waals surface area contributed by atoms with Crippen molar-refractivity contribution in [1.82, 2.24) is 19.6 Å². The first-order valence-corrected chi connectivity index (χ1v) is 17.7. The Labute approximate surface area is 280 Å². The van der Waals surface area contributed by atoms with Gasteiger partial charge in [-0.25, -0.2) is 4.79 Å². The van der Waals surface area contributed by atoms with Gasteiger partial charge in [-0.05, 0) is 70.9 Å². The summed E-state index contributed by atoms with van der Waals surface area (Å²) < 4.78 is 35.8. The minimum atomic E-state index is -0.338. The molecule has 4 bridgehead atoms. The highest BCUT2D eigenvalue weighted by Crippen LogP contribution is 2.38. The molecule has 0 aromatic heterocycles. The maximum atomic E-state index is 13.8. The summed E-state index contributed by atoms with van der Waals surface area (Å²) in [5, 5.41) is 0. The van der Waals surface area contributed by atoms with Crippen LogP contribution in [0.2, 0.25) is 0 Å². The van der Waals surface area contributed by atoms with Gasteiger partial charge in [-0.2, -0.15) is 0 Å². The molecule has 0 radical (unpaired) electrons. The predicted octanol–water partition coefficient (Wildman–Crippen LogP) is 2.01. The number of fused-ring (bicyclic) bond motifs is 6. The highest BCUT2D eigenvalue weighted by atomic mass is 16.6. The lowest BCUT2D eigenvalue weighted by atomic mass is 9.80. The molecule has 11 atom stereocenters. The number of carbonyl (C=O) groups is 3. The molecule has 2 amide bonds. The number of hydrogen-bond acceptors (Lipinski definition) is 11. The summed E-state index contributed by atoms with van der Waals surface area (Å²) >= 11 is 0. The maximum Gasteiger partial charge on any atom is 0.320 e. The van der Waals surface area contributed by atoms with Gasteiger partial charge in [0.1, 0.15) is 12.2 Å². The van der Waals surface area contributed by atoms with Crippen LogP contribution in [0.15, 0.2) is 0 Å². The molecule has 13 nitrogen and oxygen atoms in total. The molecule has 268 valence electrons. The van der Waals surface area contributed by atoms with Gasteiger partial charge in [-0.3, -0.25) is 9.59 Å². The van der Waals surface area contributed by atoms with Crippen LogP contribution >= 0.6 is 0 Å². The summed E-state index contributed by atoms with van der Waals surface area (Å²) in [5.41, 5.74) is 0. The van der Waals surface area contributed by atoms with Gasteiger partial charge in [0, 0.05) is 68.2 Å². The number of urea groups is 1. The molecule has 0 aromatic carbocycles. The number of methoxy groups -OCH3 is 3. The van der Waals surface area contributed by atoms with Gasteiger partial charge in [0.05, 0.1) is 48.8 Å². The van der Waals surface area contributed by atoms with Gasteiger partial charge < -0.3 is 48.0 Å². The fourth-order valence-corrected chi connectivity index (χ4v) is 8.54. The number of cyclic esters (lactones) is 1. The van der Waals surface area contributed by atoms with E-state index < -0.39 is 0 Å². The Bertz CT molecular complexity index is 1050. The van der Waals surface area contributed by atoms with Gasteiger partial charge in [-0.1, -0.05) is 0 Å². The van der Waals surface area contributed by atoms with Crippen molar-refractivity contribution in [3.8, 4) is 0 Å². The molecule has 2 aliphatic carbocycles. The van der Waals surface area contributed by atoms with Crippen molar-refractivity contribution >= 4 is 18.0 Å². The first-order chi connectivity index (χ1) is 22.7. The Kier molecular flexibility index (Phi) is 13.2. The number of esters is 2. The van der Waals surface area contributed by atoms with Crippen LogP contribution in [0.5, 0.6) is 0 Å². The molecule has 5 aliphatic rings. The van der Waals surface area contributed by atoms with Crippen LogP contribution in [0.4, 0.5) is 4.79 Å². The van der Waals surface area contributed by atoms with Crippen LogP contribution in [0.25, 0.3) is 0 Å². The summed E-state index contributed by atoms with van der Waals surface area (Å²) in [4.78, 5) is 48.0. The zero-order chi connectivity index (χ0) is 33.5. The number of hydrogen-bond donors (Lipinski definition) is 0. The average molecular weight is 667 g/mol. The molecule has 47 heavy (non-hydrogen) atoms. The molecule has 11 unspecified atom stereocenters. The van der Waals surface area contributed by atoms with E-state index in [0.717, 1.165) is 58.5 Å². The molecule has 3 saturated heterocycles. The van der Waals surface area contributed by atoms with Crippen molar-refractivity contribution in [3.05, 3.63) is 0 Å². The van der Waals surface area contributed by atoms with Crippen molar-refractivity contribution in [3.63, 3.8) is 0 Å². The SMILES string of the molecule is COC1CC2CC(OCCCC(OC(=O)C3CC(OC)C4C(C3)N(C)C(=O)N4C)CCN3CCCN(CCCOC2=O)CC3)C1OC. The standard InChI is InChI=1S/C34H58N4O9/c1-35-26-19-23(20-27(42-3)30(26)36(2)34(35)41)33(40)47-25-9-6-17-45-29-22-24(21-28(43-4)31(29)44-5)32(39)46-18-8-13-37-11-7-12-38(14-10-25)16-15-37/h23-31H,6-22H2,1-5H3. The Morgan fingerprint density at radius 2 is 1.47 bits per heavy atom. The Balaban J connectivity index is 1.26. The van der Waals surface area contributed by atoms with Crippen LogP contribution < -0.4 is 0 Å². The Morgan fingerprint density at radius 1 is 0.745 bits per heavy atom. The Morgan fingerprint density at radius 3 is 2.19 bits per heavy atom. The molecule has 3 heterocycles. The van der Waals surface area contributed by atoms with Crippen molar-refractivity contribution in [2.45, 2.75) is 100 Å². The van der Waals surface area contributed by atoms with E-state index in [4.69, 9.17) is 28.4 Å². The van der Waals surface area contributed by atoms with Crippen LogP contribution in [-0.2, 0) is 38.0 Å². The topological polar surface area (TPSA) is 120 Å². The third-order valence-electron chi connectivity index (χ3n) is 11.3. The second kappa shape index (κ2) is 17.1. The Hall–Kier alpha value is -2.03. The third kappa shape index (κ3) is 8.77. The molecule has 13 heteroatoms. The second-order valence-corrected chi connectivity index (χ2v) is 14.1. The van der Waals surface area contributed by atoms with Crippen LogP contribution in [-0.4, -0.2) is 168 Å². The lowest BCUT2D eigenvalue weighted by Crippen LogP contribution is -2.52. The zero-order valence-electron chi connectivity index (χ0n) is 29.2. The average Bonchev–Trinajstić information content (AvgIpc) is 3.21. The van der Waals surface area contributed by atoms with E-state index in [9.17, 15) is 14.4 Å². The fourth-order valence-electron chi connectivity index (χ4n) is 8.54. The highest BCUT2D eigenvalue weighted by molar-refractivity contribution is 5.79. The van der Waals surface area contributed by atoms with E-state index in [1.165, 1.54) is 0 Å². The molecule has 5 fully saturated rings. The van der Waals surface area contributed by atoms with Gasteiger partial charge >= 0.3 is 18.0 Å². The normalized spacial score (nSPS) is 39.6. The van der Waals surface area contributed by atoms with Gasteiger partial charge in [0.2, 0.25) is 0 Å². The first kappa shape index (κ1) is 36.3. The molecular weight excluding hydrogens is 608 g/mol. The summed E-state index contributed by atoms with van der Waals surface area (Å²) in [5.74, 6) is -1.04. The lowest BCUT2D eigenvalue weighted by Gasteiger charge is -2.39. The fraction of sp³-hybridized carbons (Fsp3) is 0.912. The number of likely N-dealkylation sites (N-methyl/N-ethyl adjacent to an activating group) is 2. The molecule has 3 aliphatic heterocycles. The quantitative estimate of drug-likeness (QED) is 0.401. The molecule has 0 N–H and O–H groups in total. The number of nitrogens with zero attached hydrogens (tertiary/aromatic N) is 4. The van der Waals surface area contributed by atoms with Crippen LogP contribution in [0.3, 0.4) is 0 Å². The van der Waals surface area contributed by atoms with Gasteiger partial charge in [0.15, 0.2) is 0 Å². The first-order valence-electron chi connectivity index (χ1n) is 17.7. The van der Waals surface area contributed by atoms with Gasteiger partial charge in [-0.15, -0.1) is 0 Å². The van der Waals surface area contributed by atoms with E-state index in [0.29, 0.717) is 51.7 Å². The summed E-state index contributed by atoms with van der Waals surface area (Å²) in [6.45, 7) is 6.57. The molecule has 2 saturated carbocycles. The van der Waals surface area contributed by atoms with Crippen molar-refractivity contribution in [2.75, 3.05) is 87.9 Å². The van der Waals surface area contributed by atoms with E-state index in [1.54, 1.807) is 38.2 Å². The van der Waals surface area contributed by atoms with E-state index in [2.05, 4.69) is 9.80 Å². The molecule has 5 rings (SSSR count). The van der Waals surface area contributed by atoms with Crippen molar-refractivity contribution in [1.29, 1.82) is 0 Å². The molecular formula is C34H58N4O9. The van der Waals surface area contributed by atoms with Crippen LogP contribution in [0, 0.1) is 11.8 Å². The van der Waals surface area contributed by atoms with Crippen LogP contribution in [0.1, 0.15) is 57.8 Å².